The Hall–Kier alpha value is -2.06. The van der Waals surface area contributed by atoms with Crippen LogP contribution in [0, 0.1) is 11.3 Å². The number of carboxylic acid groups (broad SMARTS) is 1. The van der Waals surface area contributed by atoms with Crippen LogP contribution in [-0.2, 0) is 11.3 Å². The summed E-state index contributed by atoms with van der Waals surface area (Å²) in [7, 11) is 3.27. The second-order valence-corrected chi connectivity index (χ2v) is 4.07. The van der Waals surface area contributed by atoms with Crippen molar-refractivity contribution in [2.75, 3.05) is 14.2 Å². The number of hydrogen-bond acceptors (Lipinski definition) is 4. The van der Waals surface area contributed by atoms with Crippen LogP contribution in [0.2, 0.25) is 0 Å². The van der Waals surface area contributed by atoms with Crippen LogP contribution in [0.4, 0.5) is 0 Å². The molecule has 0 saturated heterocycles. The number of benzene rings is 1. The quantitative estimate of drug-likeness (QED) is 0.854. The van der Waals surface area contributed by atoms with Gasteiger partial charge in [0.2, 0.25) is 0 Å². The largest absolute Gasteiger partial charge is 0.496 e. The predicted octanol–water partition coefficient (Wildman–Crippen LogP) is 1.47. The van der Waals surface area contributed by atoms with Crippen molar-refractivity contribution in [3.8, 4) is 11.8 Å². The smallest absolute Gasteiger partial charge is 0.320 e. The summed E-state index contributed by atoms with van der Waals surface area (Å²) in [5.41, 5.74) is 1.33. The Bertz CT molecular complexity index is 480. The summed E-state index contributed by atoms with van der Waals surface area (Å²) in [5, 5.41) is 17.8. The zero-order valence-electron chi connectivity index (χ0n) is 10.7. The molecule has 1 rings (SSSR count). The van der Waals surface area contributed by atoms with E-state index in [1.54, 1.807) is 44.2 Å². The fraction of sp³-hybridized carbons (Fsp3) is 0.385. The highest BCUT2D eigenvalue weighted by Gasteiger charge is 2.18. The molecule has 0 spiro atoms. The predicted molar refractivity (Wildman–Crippen MR) is 66.3 cm³/mol. The number of aliphatic carboxylic acids is 1. The third-order valence-corrected chi connectivity index (χ3v) is 2.85. The Morgan fingerprint density at radius 3 is 2.78 bits per heavy atom. The van der Waals surface area contributed by atoms with Crippen LogP contribution in [0.25, 0.3) is 0 Å². The van der Waals surface area contributed by atoms with Gasteiger partial charge in [-0.05, 0) is 32.2 Å². The molecule has 0 fully saturated rings. The molecule has 0 aliphatic carbocycles. The lowest BCUT2D eigenvalue weighted by molar-refractivity contribution is -0.142. The lowest BCUT2D eigenvalue weighted by atomic mass is 10.1. The maximum atomic E-state index is 10.9. The minimum atomic E-state index is -0.882. The summed E-state index contributed by atoms with van der Waals surface area (Å²) in [6.07, 6.45) is 0. The van der Waals surface area contributed by atoms with Crippen LogP contribution < -0.4 is 4.74 Å². The number of ether oxygens (including phenoxy) is 1. The topological polar surface area (TPSA) is 73.6 Å². The summed E-state index contributed by atoms with van der Waals surface area (Å²) in [6.45, 7) is 2.02. The van der Waals surface area contributed by atoms with E-state index in [2.05, 4.69) is 6.07 Å². The molecule has 0 radical (unpaired) electrons. The van der Waals surface area contributed by atoms with E-state index in [0.29, 0.717) is 17.9 Å². The van der Waals surface area contributed by atoms with E-state index in [0.717, 1.165) is 5.56 Å². The molecule has 96 valence electrons. The van der Waals surface area contributed by atoms with Crippen molar-refractivity contribution in [1.29, 1.82) is 5.26 Å². The summed E-state index contributed by atoms with van der Waals surface area (Å²) < 4.78 is 5.20. The second kappa shape index (κ2) is 6.03. The molecule has 1 unspecified atom stereocenters. The van der Waals surface area contributed by atoms with Crippen LogP contribution in [0.15, 0.2) is 18.2 Å². The van der Waals surface area contributed by atoms with Crippen molar-refractivity contribution in [3.05, 3.63) is 29.3 Å². The summed E-state index contributed by atoms with van der Waals surface area (Å²) in [6, 6.07) is 6.55. The van der Waals surface area contributed by atoms with Gasteiger partial charge in [0.25, 0.3) is 0 Å². The van der Waals surface area contributed by atoms with Crippen LogP contribution in [-0.4, -0.2) is 36.2 Å². The summed E-state index contributed by atoms with van der Waals surface area (Å²) in [4.78, 5) is 12.6. The van der Waals surface area contributed by atoms with Gasteiger partial charge in [-0.25, -0.2) is 0 Å². The molecule has 1 aromatic rings. The number of likely N-dealkylation sites (N-methyl/N-ethyl adjacent to an activating group) is 1. The average Bonchev–Trinajstić information content (AvgIpc) is 2.37. The highest BCUT2D eigenvalue weighted by atomic mass is 16.5. The molecule has 0 aliphatic heterocycles. The molecular weight excluding hydrogens is 232 g/mol. The normalized spacial score (nSPS) is 11.9. The third-order valence-electron chi connectivity index (χ3n) is 2.85. The van der Waals surface area contributed by atoms with Crippen LogP contribution >= 0.6 is 0 Å². The van der Waals surface area contributed by atoms with Crippen LogP contribution in [0.3, 0.4) is 0 Å². The SMILES string of the molecule is COc1ccc(C#N)cc1CN(C)C(C)C(=O)O. The standard InChI is InChI=1S/C13H16N2O3/c1-9(13(16)17)15(2)8-11-6-10(7-14)4-5-12(11)18-3/h4-6,9H,8H2,1-3H3,(H,16,17). The van der Waals surface area contributed by atoms with Gasteiger partial charge < -0.3 is 9.84 Å². The number of nitrogens with zero attached hydrogens (tertiary/aromatic N) is 2. The maximum Gasteiger partial charge on any atom is 0.320 e. The Balaban J connectivity index is 2.95. The van der Waals surface area contributed by atoms with Gasteiger partial charge in [-0.3, -0.25) is 9.69 Å². The Labute approximate surface area is 106 Å². The van der Waals surface area contributed by atoms with Gasteiger partial charge in [0.1, 0.15) is 11.8 Å². The average molecular weight is 248 g/mol. The van der Waals surface area contributed by atoms with Gasteiger partial charge in [-0.1, -0.05) is 0 Å². The molecule has 0 heterocycles. The van der Waals surface area contributed by atoms with Crippen LogP contribution in [0.1, 0.15) is 18.1 Å². The van der Waals surface area contributed by atoms with Crippen molar-refractivity contribution >= 4 is 5.97 Å². The number of hydrogen-bond donors (Lipinski definition) is 1. The van der Waals surface area contributed by atoms with Crippen molar-refractivity contribution in [2.45, 2.75) is 19.5 Å². The number of carbonyl (C=O) groups is 1. The molecule has 0 bridgehead atoms. The molecule has 5 nitrogen and oxygen atoms in total. The lowest BCUT2D eigenvalue weighted by Gasteiger charge is -2.22. The van der Waals surface area contributed by atoms with E-state index in [4.69, 9.17) is 15.1 Å². The van der Waals surface area contributed by atoms with E-state index in [-0.39, 0.29) is 0 Å². The number of carboxylic acids is 1. The molecule has 5 heteroatoms. The van der Waals surface area contributed by atoms with Crippen molar-refractivity contribution in [1.82, 2.24) is 4.90 Å². The zero-order chi connectivity index (χ0) is 13.7. The van der Waals surface area contributed by atoms with Crippen molar-refractivity contribution in [2.24, 2.45) is 0 Å². The molecule has 1 atom stereocenters. The number of rotatable bonds is 5. The molecular formula is C13H16N2O3. The molecule has 1 N–H and O–H groups in total. The van der Waals surface area contributed by atoms with Gasteiger partial charge in [0.15, 0.2) is 0 Å². The first kappa shape index (κ1) is 14.0. The van der Waals surface area contributed by atoms with Gasteiger partial charge in [-0.2, -0.15) is 5.26 Å². The second-order valence-electron chi connectivity index (χ2n) is 4.07. The van der Waals surface area contributed by atoms with Gasteiger partial charge >= 0.3 is 5.97 Å². The molecule has 18 heavy (non-hydrogen) atoms. The Morgan fingerprint density at radius 1 is 1.61 bits per heavy atom. The molecule has 0 amide bonds. The van der Waals surface area contributed by atoms with E-state index in [9.17, 15) is 4.79 Å². The van der Waals surface area contributed by atoms with Gasteiger partial charge in [0.05, 0.1) is 18.7 Å². The van der Waals surface area contributed by atoms with E-state index < -0.39 is 12.0 Å². The van der Waals surface area contributed by atoms with Gasteiger partial charge in [0, 0.05) is 12.1 Å². The maximum absolute atomic E-state index is 10.9. The minimum absolute atomic E-state index is 0.409. The van der Waals surface area contributed by atoms with E-state index in [1.807, 2.05) is 0 Å². The monoisotopic (exact) mass is 248 g/mol. The highest BCUT2D eigenvalue weighted by Crippen LogP contribution is 2.21. The molecule has 0 aliphatic rings. The Morgan fingerprint density at radius 2 is 2.28 bits per heavy atom. The van der Waals surface area contributed by atoms with Crippen molar-refractivity contribution in [3.63, 3.8) is 0 Å². The third kappa shape index (κ3) is 3.22. The van der Waals surface area contributed by atoms with Gasteiger partial charge in [-0.15, -0.1) is 0 Å². The first-order chi connectivity index (χ1) is 8.49. The number of nitriles is 1. The first-order valence-electron chi connectivity index (χ1n) is 5.49. The fourth-order valence-corrected chi connectivity index (χ4v) is 1.57. The Kier molecular flexibility index (Phi) is 4.69. The lowest BCUT2D eigenvalue weighted by Crippen LogP contribution is -2.35. The molecule has 0 aromatic heterocycles. The number of methoxy groups -OCH3 is 1. The van der Waals surface area contributed by atoms with E-state index >= 15 is 0 Å². The van der Waals surface area contributed by atoms with E-state index in [1.165, 1.54) is 0 Å². The highest BCUT2D eigenvalue weighted by molar-refractivity contribution is 5.72. The van der Waals surface area contributed by atoms with Crippen molar-refractivity contribution < 1.29 is 14.6 Å². The zero-order valence-corrected chi connectivity index (χ0v) is 10.7. The summed E-state index contributed by atoms with van der Waals surface area (Å²) >= 11 is 0. The molecule has 1 aromatic carbocycles. The van der Waals surface area contributed by atoms with Crippen LogP contribution in [0.5, 0.6) is 5.75 Å². The summed E-state index contributed by atoms with van der Waals surface area (Å²) in [5.74, 6) is -0.230. The first-order valence-corrected chi connectivity index (χ1v) is 5.49. The fourth-order valence-electron chi connectivity index (χ4n) is 1.57. The molecule has 0 saturated carbocycles. The minimum Gasteiger partial charge on any atom is -0.496 e.